The molecule has 0 aliphatic carbocycles. The second-order valence-electron chi connectivity index (χ2n) is 5.06. The third-order valence-electron chi connectivity index (χ3n) is 3.37. The topological polar surface area (TPSA) is 59.0 Å². The predicted octanol–water partition coefficient (Wildman–Crippen LogP) is 3.48. The molecule has 0 saturated heterocycles. The normalized spacial score (nSPS) is 10.7. The predicted molar refractivity (Wildman–Crippen MR) is 94.8 cm³/mol. The van der Waals surface area contributed by atoms with Crippen LogP contribution in [-0.4, -0.2) is 22.4 Å². The fraction of sp³-hybridized carbons (Fsp3) is 0.250. The summed E-state index contributed by atoms with van der Waals surface area (Å²) in [5, 5.41) is 14.3. The number of nitrogens with zero attached hydrogens (tertiary/aromatic N) is 2. The van der Waals surface area contributed by atoms with Crippen LogP contribution in [0.4, 0.5) is 4.79 Å². The first-order valence-corrected chi connectivity index (χ1v) is 9.11. The van der Waals surface area contributed by atoms with Gasteiger partial charge >= 0.3 is 6.03 Å². The van der Waals surface area contributed by atoms with E-state index in [1.165, 1.54) is 0 Å². The lowest BCUT2D eigenvalue weighted by Crippen LogP contribution is -2.36. The van der Waals surface area contributed by atoms with E-state index in [0.29, 0.717) is 19.6 Å². The van der Waals surface area contributed by atoms with Crippen molar-refractivity contribution in [2.24, 2.45) is 0 Å². The van der Waals surface area contributed by atoms with Crippen molar-refractivity contribution in [3.63, 3.8) is 0 Å². The summed E-state index contributed by atoms with van der Waals surface area (Å²) < 4.78 is 1.93. The maximum Gasteiger partial charge on any atom is 0.315 e. The number of thiophene rings is 2. The number of carbonyl (C=O) groups is 1. The molecule has 0 bridgehead atoms. The number of rotatable bonds is 6. The van der Waals surface area contributed by atoms with Crippen molar-refractivity contribution in [2.75, 3.05) is 6.54 Å². The molecule has 5 nitrogen and oxygen atoms in total. The van der Waals surface area contributed by atoms with Crippen LogP contribution in [0.1, 0.15) is 10.6 Å². The highest BCUT2D eigenvalue weighted by Gasteiger charge is 2.07. The molecular formula is C16H18N4OS2. The third kappa shape index (κ3) is 4.20. The number of aromatic nitrogens is 2. The lowest BCUT2D eigenvalue weighted by Gasteiger charge is -2.08. The van der Waals surface area contributed by atoms with Crippen molar-refractivity contribution < 1.29 is 4.79 Å². The van der Waals surface area contributed by atoms with E-state index in [-0.39, 0.29) is 6.03 Å². The van der Waals surface area contributed by atoms with Crippen LogP contribution in [0.2, 0.25) is 0 Å². The standard InChI is InChI=1S/C16H18N4OS2/c1-12-10-14(15-5-3-9-23-15)19-20(12)7-6-17-16(21)18-11-13-4-2-8-22-13/h2-5,8-10H,6-7,11H2,1H3,(H2,17,18,21). The summed E-state index contributed by atoms with van der Waals surface area (Å²) in [6.07, 6.45) is 0. The monoisotopic (exact) mass is 346 g/mol. The summed E-state index contributed by atoms with van der Waals surface area (Å²) in [5.41, 5.74) is 2.08. The Morgan fingerprint density at radius 2 is 2.04 bits per heavy atom. The van der Waals surface area contributed by atoms with Crippen molar-refractivity contribution in [2.45, 2.75) is 20.0 Å². The van der Waals surface area contributed by atoms with Gasteiger partial charge in [0.2, 0.25) is 0 Å². The van der Waals surface area contributed by atoms with Gasteiger partial charge < -0.3 is 10.6 Å². The molecule has 3 heterocycles. The molecule has 23 heavy (non-hydrogen) atoms. The second kappa shape index (κ2) is 7.43. The first kappa shape index (κ1) is 15.8. The average molecular weight is 346 g/mol. The Labute approximate surface area is 143 Å². The van der Waals surface area contributed by atoms with Gasteiger partial charge in [-0.3, -0.25) is 4.68 Å². The summed E-state index contributed by atoms with van der Waals surface area (Å²) in [4.78, 5) is 14.1. The Morgan fingerprint density at radius 3 is 2.78 bits per heavy atom. The van der Waals surface area contributed by atoms with Crippen LogP contribution in [0.3, 0.4) is 0 Å². The number of hydrogen-bond acceptors (Lipinski definition) is 4. The number of nitrogens with one attached hydrogen (secondary N) is 2. The Kier molecular flexibility index (Phi) is 5.09. The number of amides is 2. The minimum absolute atomic E-state index is 0.151. The van der Waals surface area contributed by atoms with Crippen LogP contribution in [0.15, 0.2) is 41.1 Å². The number of carbonyl (C=O) groups excluding carboxylic acids is 1. The molecule has 3 aromatic rings. The molecule has 0 aromatic carbocycles. The van der Waals surface area contributed by atoms with Crippen LogP contribution in [0, 0.1) is 6.92 Å². The van der Waals surface area contributed by atoms with Gasteiger partial charge in [-0.15, -0.1) is 22.7 Å². The summed E-state index contributed by atoms with van der Waals surface area (Å²) in [6.45, 7) is 3.79. The SMILES string of the molecule is Cc1cc(-c2cccs2)nn1CCNC(=O)NCc1cccs1. The molecule has 0 spiro atoms. The zero-order valence-corrected chi connectivity index (χ0v) is 14.4. The Bertz CT molecular complexity index is 747. The van der Waals surface area contributed by atoms with Crippen molar-refractivity contribution in [3.05, 3.63) is 51.7 Å². The lowest BCUT2D eigenvalue weighted by atomic mass is 10.3. The van der Waals surface area contributed by atoms with Gasteiger partial charge in [0.1, 0.15) is 5.69 Å². The number of urea groups is 1. The van der Waals surface area contributed by atoms with Gasteiger partial charge in [-0.1, -0.05) is 12.1 Å². The van der Waals surface area contributed by atoms with Gasteiger partial charge in [-0.05, 0) is 35.9 Å². The van der Waals surface area contributed by atoms with Crippen LogP contribution >= 0.6 is 22.7 Å². The average Bonchev–Trinajstić information content (AvgIpc) is 3.28. The molecule has 0 aliphatic rings. The Morgan fingerprint density at radius 1 is 1.22 bits per heavy atom. The highest BCUT2D eigenvalue weighted by molar-refractivity contribution is 7.13. The summed E-state index contributed by atoms with van der Waals surface area (Å²) in [7, 11) is 0. The molecule has 0 unspecified atom stereocenters. The molecule has 0 aliphatic heterocycles. The second-order valence-corrected chi connectivity index (χ2v) is 7.04. The molecule has 0 radical (unpaired) electrons. The molecule has 3 aromatic heterocycles. The summed E-state index contributed by atoms with van der Waals surface area (Å²) >= 11 is 3.31. The maximum atomic E-state index is 11.8. The molecule has 3 rings (SSSR count). The highest BCUT2D eigenvalue weighted by atomic mass is 32.1. The smallest absolute Gasteiger partial charge is 0.315 e. The van der Waals surface area contributed by atoms with Gasteiger partial charge in [0.25, 0.3) is 0 Å². The van der Waals surface area contributed by atoms with Gasteiger partial charge in [0.15, 0.2) is 0 Å². The minimum Gasteiger partial charge on any atom is -0.336 e. The van der Waals surface area contributed by atoms with E-state index in [2.05, 4.69) is 27.9 Å². The van der Waals surface area contributed by atoms with E-state index in [9.17, 15) is 4.79 Å². The molecule has 2 amide bonds. The highest BCUT2D eigenvalue weighted by Crippen LogP contribution is 2.23. The zero-order chi connectivity index (χ0) is 16.1. The van der Waals surface area contributed by atoms with Gasteiger partial charge in [-0.2, -0.15) is 5.10 Å². The quantitative estimate of drug-likeness (QED) is 0.718. The molecule has 0 atom stereocenters. The first-order valence-electron chi connectivity index (χ1n) is 7.35. The van der Waals surface area contributed by atoms with E-state index in [1.807, 2.05) is 40.6 Å². The molecular weight excluding hydrogens is 328 g/mol. The first-order chi connectivity index (χ1) is 11.2. The fourth-order valence-electron chi connectivity index (χ4n) is 2.20. The summed E-state index contributed by atoms with van der Waals surface area (Å²) in [6, 6.07) is 9.99. The molecule has 0 saturated carbocycles. The van der Waals surface area contributed by atoms with Crippen molar-refractivity contribution >= 4 is 28.7 Å². The lowest BCUT2D eigenvalue weighted by molar-refractivity contribution is 0.240. The van der Waals surface area contributed by atoms with E-state index in [1.54, 1.807) is 22.7 Å². The van der Waals surface area contributed by atoms with Crippen molar-refractivity contribution in [1.29, 1.82) is 0 Å². The Hall–Kier alpha value is -2.12. The van der Waals surface area contributed by atoms with Gasteiger partial charge in [0.05, 0.1) is 18.0 Å². The van der Waals surface area contributed by atoms with E-state index >= 15 is 0 Å². The van der Waals surface area contributed by atoms with Crippen LogP contribution in [0.25, 0.3) is 10.6 Å². The van der Waals surface area contributed by atoms with Crippen molar-refractivity contribution in [3.8, 4) is 10.6 Å². The van der Waals surface area contributed by atoms with Crippen LogP contribution < -0.4 is 10.6 Å². The van der Waals surface area contributed by atoms with E-state index in [0.717, 1.165) is 21.1 Å². The zero-order valence-electron chi connectivity index (χ0n) is 12.8. The van der Waals surface area contributed by atoms with E-state index < -0.39 is 0 Å². The largest absolute Gasteiger partial charge is 0.336 e. The molecule has 2 N–H and O–H groups in total. The summed E-state index contributed by atoms with van der Waals surface area (Å²) in [5.74, 6) is 0. The van der Waals surface area contributed by atoms with Gasteiger partial charge in [0, 0.05) is 17.1 Å². The third-order valence-corrected chi connectivity index (χ3v) is 5.14. The van der Waals surface area contributed by atoms with Crippen molar-refractivity contribution in [1.82, 2.24) is 20.4 Å². The van der Waals surface area contributed by atoms with E-state index in [4.69, 9.17) is 0 Å². The maximum absolute atomic E-state index is 11.8. The van der Waals surface area contributed by atoms with Crippen LogP contribution in [-0.2, 0) is 13.1 Å². The Balaban J connectivity index is 1.46. The molecule has 0 fully saturated rings. The molecule has 120 valence electrons. The molecule has 7 heteroatoms. The van der Waals surface area contributed by atoms with Crippen LogP contribution in [0.5, 0.6) is 0 Å². The minimum atomic E-state index is -0.151. The number of hydrogen-bond donors (Lipinski definition) is 2. The number of aryl methyl sites for hydroxylation is 1. The van der Waals surface area contributed by atoms with Gasteiger partial charge in [-0.25, -0.2) is 4.79 Å². The fourth-order valence-corrected chi connectivity index (χ4v) is 3.53.